The standard InChI is InChI=1S/C16H13ClN4O4/c17-13-6-4-11(5-7-13)9-18-15(22)16(23)20-19-10-12-2-1-3-14(8-12)21(24)25/h1-8,10H,9H2,(H,18,22)(H,20,23). The molecule has 2 amide bonds. The SMILES string of the molecule is O=C(NCc1ccc(Cl)cc1)C(=O)NN=Cc1cccc([N+](=O)[O-])c1. The zero-order chi connectivity index (χ0) is 18.2. The van der Waals surface area contributed by atoms with Crippen molar-refractivity contribution in [3.05, 3.63) is 74.8 Å². The smallest absolute Gasteiger partial charge is 0.329 e. The highest BCUT2D eigenvalue weighted by Crippen LogP contribution is 2.11. The molecule has 25 heavy (non-hydrogen) atoms. The van der Waals surface area contributed by atoms with E-state index in [9.17, 15) is 19.7 Å². The average Bonchev–Trinajstić information content (AvgIpc) is 2.61. The van der Waals surface area contributed by atoms with Gasteiger partial charge in [0.15, 0.2) is 0 Å². The number of non-ortho nitro benzene ring substituents is 1. The summed E-state index contributed by atoms with van der Waals surface area (Å²) in [6.45, 7) is 0.165. The van der Waals surface area contributed by atoms with Gasteiger partial charge < -0.3 is 5.32 Å². The van der Waals surface area contributed by atoms with Crippen molar-refractivity contribution in [1.82, 2.24) is 10.7 Å². The maximum atomic E-state index is 11.7. The molecule has 0 unspecified atom stereocenters. The number of nitrogens with zero attached hydrogens (tertiary/aromatic N) is 2. The van der Waals surface area contributed by atoms with Crippen LogP contribution in [0.4, 0.5) is 5.69 Å². The largest absolute Gasteiger partial charge is 0.344 e. The fourth-order valence-corrected chi connectivity index (χ4v) is 1.93. The number of hydrogen-bond donors (Lipinski definition) is 2. The highest BCUT2D eigenvalue weighted by atomic mass is 35.5. The molecule has 0 aromatic heterocycles. The molecule has 0 saturated carbocycles. The lowest BCUT2D eigenvalue weighted by molar-refractivity contribution is -0.384. The zero-order valence-electron chi connectivity index (χ0n) is 12.8. The van der Waals surface area contributed by atoms with Crippen LogP contribution < -0.4 is 10.7 Å². The van der Waals surface area contributed by atoms with Crippen molar-refractivity contribution in [2.24, 2.45) is 5.10 Å². The van der Waals surface area contributed by atoms with Crippen molar-refractivity contribution < 1.29 is 14.5 Å². The van der Waals surface area contributed by atoms with Crippen LogP contribution in [-0.4, -0.2) is 23.0 Å². The molecule has 0 atom stereocenters. The molecule has 2 aromatic carbocycles. The topological polar surface area (TPSA) is 114 Å². The van der Waals surface area contributed by atoms with Gasteiger partial charge in [0.1, 0.15) is 0 Å². The Bertz CT molecular complexity index is 821. The van der Waals surface area contributed by atoms with Gasteiger partial charge in [-0.25, -0.2) is 5.43 Å². The molecule has 0 bridgehead atoms. The first kappa shape index (κ1) is 18.1. The van der Waals surface area contributed by atoms with Crippen LogP contribution in [0.15, 0.2) is 53.6 Å². The Labute approximate surface area is 147 Å². The van der Waals surface area contributed by atoms with Gasteiger partial charge in [-0.2, -0.15) is 5.10 Å². The first-order valence-corrected chi connectivity index (χ1v) is 7.43. The van der Waals surface area contributed by atoms with Crippen LogP contribution in [0, 0.1) is 10.1 Å². The predicted octanol–water partition coefficient (Wildman–Crippen LogP) is 2.01. The second-order valence-electron chi connectivity index (χ2n) is 4.86. The van der Waals surface area contributed by atoms with E-state index in [2.05, 4.69) is 15.8 Å². The monoisotopic (exact) mass is 360 g/mol. The van der Waals surface area contributed by atoms with E-state index in [0.29, 0.717) is 10.6 Å². The lowest BCUT2D eigenvalue weighted by Gasteiger charge is -2.04. The molecule has 0 spiro atoms. The highest BCUT2D eigenvalue weighted by molar-refractivity contribution is 6.35. The number of nitro benzene ring substituents is 1. The Hall–Kier alpha value is -3.26. The van der Waals surface area contributed by atoms with Crippen LogP contribution in [0.25, 0.3) is 0 Å². The minimum Gasteiger partial charge on any atom is -0.344 e. The molecule has 8 nitrogen and oxygen atoms in total. The van der Waals surface area contributed by atoms with Gasteiger partial charge in [-0.3, -0.25) is 19.7 Å². The predicted molar refractivity (Wildman–Crippen MR) is 92.1 cm³/mol. The first-order valence-electron chi connectivity index (χ1n) is 7.06. The maximum absolute atomic E-state index is 11.7. The van der Waals surface area contributed by atoms with Crippen molar-refractivity contribution in [2.75, 3.05) is 0 Å². The van der Waals surface area contributed by atoms with Gasteiger partial charge in [0.2, 0.25) is 0 Å². The van der Waals surface area contributed by atoms with E-state index >= 15 is 0 Å². The van der Waals surface area contributed by atoms with Crippen molar-refractivity contribution in [1.29, 1.82) is 0 Å². The summed E-state index contributed by atoms with van der Waals surface area (Å²) in [6.07, 6.45) is 1.21. The number of hydrazone groups is 1. The van der Waals surface area contributed by atoms with Gasteiger partial charge >= 0.3 is 11.8 Å². The Kier molecular flexibility index (Phi) is 6.19. The van der Waals surface area contributed by atoms with Crippen molar-refractivity contribution in [3.63, 3.8) is 0 Å². The number of amides is 2. The summed E-state index contributed by atoms with van der Waals surface area (Å²) in [6, 6.07) is 12.5. The maximum Gasteiger partial charge on any atom is 0.329 e. The molecular weight excluding hydrogens is 348 g/mol. The molecule has 0 saturated heterocycles. The number of hydrogen-bond acceptors (Lipinski definition) is 5. The van der Waals surface area contributed by atoms with Crippen molar-refractivity contribution in [3.8, 4) is 0 Å². The molecule has 0 aliphatic rings. The van der Waals surface area contributed by atoms with Gasteiger partial charge in [0, 0.05) is 29.3 Å². The minimum absolute atomic E-state index is 0.101. The molecular formula is C16H13ClN4O4. The Morgan fingerprint density at radius 1 is 1.16 bits per heavy atom. The van der Waals surface area contributed by atoms with E-state index in [-0.39, 0.29) is 12.2 Å². The van der Waals surface area contributed by atoms with Gasteiger partial charge in [0.25, 0.3) is 5.69 Å². The number of nitrogens with one attached hydrogen (secondary N) is 2. The minimum atomic E-state index is -0.948. The van der Waals surface area contributed by atoms with E-state index in [4.69, 9.17) is 11.6 Å². The van der Waals surface area contributed by atoms with E-state index in [1.54, 1.807) is 30.3 Å². The third-order valence-corrected chi connectivity index (χ3v) is 3.29. The summed E-state index contributed by atoms with van der Waals surface area (Å²) >= 11 is 5.75. The van der Waals surface area contributed by atoms with E-state index in [1.807, 2.05) is 0 Å². The number of nitro groups is 1. The van der Waals surface area contributed by atoms with Crippen molar-refractivity contribution >= 4 is 35.3 Å². The summed E-state index contributed by atoms with van der Waals surface area (Å²) in [7, 11) is 0. The third kappa shape index (κ3) is 5.70. The molecule has 2 N–H and O–H groups in total. The number of halogens is 1. The van der Waals surface area contributed by atoms with Crippen LogP contribution >= 0.6 is 11.6 Å². The fourth-order valence-electron chi connectivity index (χ4n) is 1.80. The third-order valence-electron chi connectivity index (χ3n) is 3.03. The summed E-state index contributed by atoms with van der Waals surface area (Å²) < 4.78 is 0. The number of carbonyl (C=O) groups is 2. The van der Waals surface area contributed by atoms with E-state index < -0.39 is 16.7 Å². The van der Waals surface area contributed by atoms with Crippen molar-refractivity contribution in [2.45, 2.75) is 6.54 Å². The Balaban J connectivity index is 1.84. The molecule has 2 aromatic rings. The molecule has 0 heterocycles. The first-order chi connectivity index (χ1) is 12.0. The molecule has 0 aliphatic heterocycles. The van der Waals surface area contributed by atoms with E-state index in [0.717, 1.165) is 5.56 Å². The summed E-state index contributed by atoms with van der Waals surface area (Å²) in [5, 5.41) is 17.3. The molecule has 9 heteroatoms. The number of rotatable bonds is 5. The van der Waals surface area contributed by atoms with E-state index in [1.165, 1.54) is 24.4 Å². The second kappa shape index (κ2) is 8.55. The number of carbonyl (C=O) groups excluding carboxylic acids is 2. The molecule has 0 fully saturated rings. The summed E-state index contributed by atoms with van der Waals surface area (Å²) in [4.78, 5) is 33.4. The van der Waals surface area contributed by atoms with Gasteiger partial charge in [-0.1, -0.05) is 35.9 Å². The fraction of sp³-hybridized carbons (Fsp3) is 0.0625. The zero-order valence-corrected chi connectivity index (χ0v) is 13.6. The Morgan fingerprint density at radius 2 is 1.88 bits per heavy atom. The molecule has 0 aliphatic carbocycles. The highest BCUT2D eigenvalue weighted by Gasteiger charge is 2.12. The second-order valence-corrected chi connectivity index (χ2v) is 5.30. The molecule has 2 rings (SSSR count). The number of benzene rings is 2. The molecule has 128 valence electrons. The Morgan fingerprint density at radius 3 is 2.56 bits per heavy atom. The quantitative estimate of drug-likeness (QED) is 0.367. The lowest BCUT2D eigenvalue weighted by atomic mass is 10.2. The van der Waals surface area contributed by atoms with Crippen LogP contribution in [0.5, 0.6) is 0 Å². The van der Waals surface area contributed by atoms with Gasteiger partial charge in [-0.15, -0.1) is 0 Å². The average molecular weight is 361 g/mol. The van der Waals surface area contributed by atoms with Gasteiger partial charge in [0.05, 0.1) is 11.1 Å². The molecule has 0 radical (unpaired) electrons. The lowest BCUT2D eigenvalue weighted by Crippen LogP contribution is -2.37. The van der Waals surface area contributed by atoms with Crippen LogP contribution in [0.3, 0.4) is 0 Å². The normalized spacial score (nSPS) is 10.4. The summed E-state index contributed by atoms with van der Waals surface area (Å²) in [5.74, 6) is -1.80. The van der Waals surface area contributed by atoms with Crippen LogP contribution in [0.1, 0.15) is 11.1 Å². The van der Waals surface area contributed by atoms with Gasteiger partial charge in [-0.05, 0) is 17.7 Å². The van der Waals surface area contributed by atoms with Crippen LogP contribution in [0.2, 0.25) is 5.02 Å². The van der Waals surface area contributed by atoms with Crippen LogP contribution in [-0.2, 0) is 16.1 Å². The summed E-state index contributed by atoms with van der Waals surface area (Å²) in [5.41, 5.74) is 3.15.